The second kappa shape index (κ2) is 18.6. The number of nitrogens with one attached hydrogen (secondary N) is 4. The SMILES string of the molecule is COC(=O)c1cc(F)c(CCNC(=O)[C@H](CC(F)F)NC(=O)[C@@H]2C3C(CN2C(=O)[C@@H](NC(=O)NC2(CS(=O)(=O)C(C)(C)C)CCCCC2)C2CCCCC2)C3(C)C)c(F)c1. The van der Waals surface area contributed by atoms with Crippen molar-refractivity contribution in [3.8, 4) is 0 Å². The molecule has 13 nitrogen and oxygen atoms in total. The zero-order chi connectivity index (χ0) is 44.4. The van der Waals surface area contributed by atoms with Gasteiger partial charge in [0.15, 0.2) is 9.84 Å². The summed E-state index contributed by atoms with van der Waals surface area (Å²) in [5.41, 5.74) is -2.25. The zero-order valence-corrected chi connectivity index (χ0v) is 36.3. The average Bonchev–Trinajstić information content (AvgIpc) is 3.46. The number of urea groups is 1. The monoisotopic (exact) mass is 871 g/mol. The molecule has 5 rings (SSSR count). The molecule has 0 aromatic heterocycles. The van der Waals surface area contributed by atoms with Gasteiger partial charge in [-0.15, -0.1) is 0 Å². The van der Waals surface area contributed by atoms with Crippen molar-refractivity contribution in [3.63, 3.8) is 0 Å². The van der Waals surface area contributed by atoms with E-state index in [2.05, 4.69) is 26.0 Å². The highest BCUT2D eigenvalue weighted by Gasteiger charge is 2.70. The van der Waals surface area contributed by atoms with Gasteiger partial charge in [-0.3, -0.25) is 14.4 Å². The van der Waals surface area contributed by atoms with E-state index >= 15 is 0 Å². The number of esters is 1. The van der Waals surface area contributed by atoms with Gasteiger partial charge in [0.2, 0.25) is 24.1 Å². The fraction of sp³-hybridized carbons (Fsp3) is 0.738. The number of hydrogen-bond acceptors (Lipinski definition) is 8. The molecule has 1 aromatic rings. The first-order valence-electron chi connectivity index (χ1n) is 21.1. The number of nitrogens with zero attached hydrogens (tertiary/aromatic N) is 1. The molecule has 0 bridgehead atoms. The molecule has 4 aliphatic rings. The molecule has 5 atom stereocenters. The second-order valence-corrected chi connectivity index (χ2v) is 21.5. The minimum Gasteiger partial charge on any atom is -0.465 e. The summed E-state index contributed by atoms with van der Waals surface area (Å²) in [5, 5.41) is 10.7. The summed E-state index contributed by atoms with van der Waals surface area (Å²) in [4.78, 5) is 69.3. The van der Waals surface area contributed by atoms with E-state index in [1.54, 1.807) is 20.8 Å². The van der Waals surface area contributed by atoms with Gasteiger partial charge in [0.25, 0.3) is 0 Å². The number of alkyl halides is 2. The van der Waals surface area contributed by atoms with E-state index in [1.807, 2.05) is 13.8 Å². The summed E-state index contributed by atoms with van der Waals surface area (Å²) in [6.07, 6.45) is 2.58. The number of hydrogen-bond donors (Lipinski definition) is 4. The number of carbonyl (C=O) groups is 5. The molecular weight excluding hydrogens is 811 g/mol. The first-order valence-corrected chi connectivity index (χ1v) is 22.7. The van der Waals surface area contributed by atoms with E-state index in [1.165, 1.54) is 4.90 Å². The molecule has 5 amide bonds. The van der Waals surface area contributed by atoms with Crippen LogP contribution in [0, 0.1) is 34.8 Å². The van der Waals surface area contributed by atoms with Crippen LogP contribution >= 0.6 is 0 Å². The lowest BCUT2D eigenvalue weighted by Crippen LogP contribution is -2.63. The maximum Gasteiger partial charge on any atom is 0.338 e. The molecular formula is C42H61F4N5O8S. The topological polar surface area (TPSA) is 180 Å². The number of halogens is 4. The number of rotatable bonds is 15. The van der Waals surface area contributed by atoms with E-state index in [9.17, 15) is 50.0 Å². The Hall–Kier alpha value is -3.96. The largest absolute Gasteiger partial charge is 0.465 e. The molecule has 1 aromatic carbocycles. The molecule has 0 radical (unpaired) electrons. The standard InChI is InChI=1S/C42H61F4N5O8S/c1-40(2,3)60(57,58)23-42(16-11-8-12-17-42)50-39(56)49-33(24-13-9-7-10-14-24)37(54)51-22-27-32(41(27,4)5)34(51)36(53)48-30(21-31(45)46)35(52)47-18-15-26-28(43)19-25(20-29(26)44)38(55)59-6/h19-20,24,27,30-34H,7-18,21-23H2,1-6H3,(H,47,52)(H,48,53)(H2,49,50,56)/t27?,30-,32?,33-,34-/m0/s1. The van der Waals surface area contributed by atoms with Gasteiger partial charge in [0.1, 0.15) is 29.8 Å². The van der Waals surface area contributed by atoms with Gasteiger partial charge in [0.05, 0.1) is 28.7 Å². The molecule has 3 aliphatic carbocycles. The minimum atomic E-state index is -3.64. The Morgan fingerprint density at radius 2 is 1.53 bits per heavy atom. The molecule has 18 heteroatoms. The number of ether oxygens (including phenoxy) is 1. The van der Waals surface area contributed by atoms with E-state index in [0.29, 0.717) is 25.7 Å². The molecule has 0 spiro atoms. The highest BCUT2D eigenvalue weighted by Crippen LogP contribution is 2.65. The number of benzene rings is 1. The van der Waals surface area contributed by atoms with Gasteiger partial charge in [-0.2, -0.15) is 0 Å². The van der Waals surface area contributed by atoms with Gasteiger partial charge in [0, 0.05) is 25.1 Å². The van der Waals surface area contributed by atoms with Gasteiger partial charge in [-0.25, -0.2) is 35.6 Å². The van der Waals surface area contributed by atoms with E-state index in [0.717, 1.165) is 57.8 Å². The lowest BCUT2D eigenvalue weighted by Gasteiger charge is -2.41. The number of fused-ring (bicyclic) bond motifs is 1. The highest BCUT2D eigenvalue weighted by atomic mass is 32.2. The van der Waals surface area contributed by atoms with Crippen molar-refractivity contribution >= 4 is 39.6 Å². The summed E-state index contributed by atoms with van der Waals surface area (Å²) >= 11 is 0. The van der Waals surface area contributed by atoms with Crippen LogP contribution in [0.25, 0.3) is 0 Å². The van der Waals surface area contributed by atoms with E-state index < -0.39 is 116 Å². The highest BCUT2D eigenvalue weighted by molar-refractivity contribution is 7.92. The number of sulfone groups is 1. The molecule has 1 saturated heterocycles. The van der Waals surface area contributed by atoms with Crippen LogP contribution in [0.4, 0.5) is 22.4 Å². The Morgan fingerprint density at radius 1 is 0.933 bits per heavy atom. The average molecular weight is 872 g/mol. The Kier molecular flexibility index (Phi) is 14.6. The second-order valence-electron chi connectivity index (χ2n) is 18.7. The number of likely N-dealkylation sites (tertiary alicyclic amines) is 1. The number of carbonyl (C=O) groups excluding carboxylic acids is 5. The van der Waals surface area contributed by atoms with Gasteiger partial charge in [-0.1, -0.05) is 52.4 Å². The van der Waals surface area contributed by atoms with Gasteiger partial charge >= 0.3 is 12.0 Å². The molecule has 1 aliphatic heterocycles. The number of methoxy groups -OCH3 is 1. The lowest BCUT2D eigenvalue weighted by molar-refractivity contribution is -0.144. The van der Waals surface area contributed by atoms with Crippen molar-refractivity contribution < 1.29 is 54.7 Å². The molecule has 3 saturated carbocycles. The van der Waals surface area contributed by atoms with Crippen molar-refractivity contribution in [2.75, 3.05) is 26.0 Å². The van der Waals surface area contributed by atoms with Crippen molar-refractivity contribution in [2.45, 2.75) is 147 Å². The normalized spacial score (nSPS) is 23.5. The van der Waals surface area contributed by atoms with E-state index in [-0.39, 0.29) is 35.6 Å². The third-order valence-corrected chi connectivity index (χ3v) is 16.1. The van der Waals surface area contributed by atoms with Crippen LogP contribution in [0.2, 0.25) is 0 Å². The first kappa shape index (κ1) is 47.1. The molecule has 336 valence electrons. The van der Waals surface area contributed by atoms with Crippen molar-refractivity contribution in [3.05, 3.63) is 34.9 Å². The molecule has 4 fully saturated rings. The van der Waals surface area contributed by atoms with E-state index in [4.69, 9.17) is 0 Å². The van der Waals surface area contributed by atoms with Crippen LogP contribution in [0.1, 0.15) is 121 Å². The Balaban J connectivity index is 1.33. The van der Waals surface area contributed by atoms with Crippen LogP contribution < -0.4 is 21.3 Å². The summed E-state index contributed by atoms with van der Waals surface area (Å²) in [6.45, 7) is 8.49. The molecule has 1 heterocycles. The molecule has 2 unspecified atom stereocenters. The predicted molar refractivity (Wildman–Crippen MR) is 215 cm³/mol. The van der Waals surface area contributed by atoms with Gasteiger partial charge < -0.3 is 30.9 Å². The molecule has 60 heavy (non-hydrogen) atoms. The zero-order valence-electron chi connectivity index (χ0n) is 35.4. The van der Waals surface area contributed by atoms with Crippen molar-refractivity contribution in [1.82, 2.24) is 26.2 Å². The fourth-order valence-corrected chi connectivity index (χ4v) is 11.1. The van der Waals surface area contributed by atoms with Crippen LogP contribution in [-0.2, 0) is 35.4 Å². The smallest absolute Gasteiger partial charge is 0.338 e. The predicted octanol–water partition coefficient (Wildman–Crippen LogP) is 5.20. The maximum atomic E-state index is 14.7. The Morgan fingerprint density at radius 3 is 2.10 bits per heavy atom. The Bertz CT molecular complexity index is 1870. The first-order chi connectivity index (χ1) is 28.0. The van der Waals surface area contributed by atoms with Crippen LogP contribution in [0.15, 0.2) is 12.1 Å². The number of piperidine rings is 1. The Labute approximate surface area is 350 Å². The summed E-state index contributed by atoms with van der Waals surface area (Å²) in [7, 11) is -2.59. The summed E-state index contributed by atoms with van der Waals surface area (Å²) < 4.78 is 87.4. The third kappa shape index (κ3) is 10.6. The lowest BCUT2D eigenvalue weighted by atomic mass is 9.82. The maximum absolute atomic E-state index is 14.7. The van der Waals surface area contributed by atoms with Crippen LogP contribution in [0.5, 0.6) is 0 Å². The minimum absolute atomic E-state index is 0.121. The van der Waals surface area contributed by atoms with Crippen molar-refractivity contribution in [2.24, 2.45) is 23.2 Å². The van der Waals surface area contributed by atoms with Crippen LogP contribution in [0.3, 0.4) is 0 Å². The van der Waals surface area contributed by atoms with Crippen molar-refractivity contribution in [1.29, 1.82) is 0 Å². The fourth-order valence-electron chi connectivity index (χ4n) is 9.55. The third-order valence-electron chi connectivity index (χ3n) is 13.3. The number of amides is 5. The van der Waals surface area contributed by atoms with Gasteiger partial charge in [-0.05, 0) is 88.2 Å². The summed E-state index contributed by atoms with van der Waals surface area (Å²) in [6, 6.07) is -3.10. The molecule has 4 N–H and O–H groups in total. The quantitative estimate of drug-likeness (QED) is 0.137. The van der Waals surface area contributed by atoms with Crippen LogP contribution in [-0.4, -0.2) is 104 Å². The summed E-state index contributed by atoms with van der Waals surface area (Å²) in [5.74, 6) is -6.50.